The van der Waals surface area contributed by atoms with Crippen LogP contribution < -0.4 is 35.8 Å². The van der Waals surface area contributed by atoms with E-state index in [0.29, 0.717) is 67.7 Å². The molecule has 7 rings (SSSR count). The van der Waals surface area contributed by atoms with Crippen LogP contribution in [-0.2, 0) is 88.0 Å². The molecule has 32 heteroatoms. The molecule has 0 bridgehead atoms. The molecule has 3 unspecified atom stereocenters. The maximum atomic E-state index is 13.1. The number of carboxylic acids is 1. The van der Waals surface area contributed by atoms with Crippen molar-refractivity contribution in [2.75, 3.05) is 69.5 Å². The number of para-hydroxylation sites is 1. The Balaban J connectivity index is 0.000000343. The van der Waals surface area contributed by atoms with E-state index in [4.69, 9.17) is 45.1 Å². The van der Waals surface area contributed by atoms with Crippen molar-refractivity contribution in [3.63, 3.8) is 0 Å². The molecular weight excluding hydrogens is 1320 g/mol. The number of esters is 1. The number of anilines is 1. The van der Waals surface area contributed by atoms with E-state index in [1.165, 1.54) is 37.6 Å². The Kier molecular flexibility index (Phi) is 30.8. The van der Waals surface area contributed by atoms with E-state index in [2.05, 4.69) is 36.9 Å². The zero-order valence-corrected chi connectivity index (χ0v) is 56.3. The summed E-state index contributed by atoms with van der Waals surface area (Å²) in [4.78, 5) is 90.2. The summed E-state index contributed by atoms with van der Waals surface area (Å²) in [6, 6.07) is 19.8. The first kappa shape index (κ1) is 79.9. The zero-order valence-electron chi connectivity index (χ0n) is 53.0. The molecule has 4 aromatic carbocycles. The van der Waals surface area contributed by atoms with Crippen LogP contribution in [0.4, 0.5) is 32.0 Å². The number of aromatic nitrogens is 3. The summed E-state index contributed by atoms with van der Waals surface area (Å²) in [6.45, 7) is 9.71. The third kappa shape index (κ3) is 24.8. The molecule has 2 aromatic heterocycles. The number of benzene rings is 4. The van der Waals surface area contributed by atoms with Crippen molar-refractivity contribution in [2.24, 2.45) is 7.05 Å². The number of carboxylic acid groups (broad SMARTS) is 1. The second-order valence-electron chi connectivity index (χ2n) is 21.1. The molecule has 1 amide bonds. The summed E-state index contributed by atoms with van der Waals surface area (Å²) in [6.07, 6.45) is 0.700. The quantitative estimate of drug-likeness (QED) is 0.0143. The fraction of sp³-hybridized carbons (Fsp3) is 0.426. The molecule has 2 heterocycles. The number of amides is 1. The molecule has 1 aliphatic carbocycles. The number of nitrogens with zero attached hydrogens (tertiary/aromatic N) is 4. The Labute approximate surface area is 541 Å². The van der Waals surface area contributed by atoms with Crippen LogP contribution in [0.2, 0.25) is 0 Å². The van der Waals surface area contributed by atoms with Gasteiger partial charge in [-0.15, -0.1) is 11.6 Å². The van der Waals surface area contributed by atoms with E-state index in [0.717, 1.165) is 67.4 Å². The van der Waals surface area contributed by atoms with Crippen molar-refractivity contribution in [2.45, 2.75) is 102 Å². The van der Waals surface area contributed by atoms with Crippen LogP contribution in [0.15, 0.2) is 110 Å². The SMILES string of the molecule is CCc1ccc(COc2ccc(-n3c(=O)cc(C(F)(F)F)n(C)c3=O)cc2)c(OC(C)C(=O)OC)c1.CCc1cccc(C)c1N(C(=O)CCl)C(C)COC.CS(=O)(=O)c1cc(C(F)(F)F)ccc1C(=O)c1cnoc1C1CC1.C[S+](C)C.O=C(O)CNCP(=O)([O-])O. The molecule has 22 nitrogen and oxygen atoms in total. The van der Waals surface area contributed by atoms with Gasteiger partial charge in [-0.1, -0.05) is 49.3 Å². The molecule has 0 radical (unpaired) electrons. The molecule has 512 valence electrons. The van der Waals surface area contributed by atoms with Crippen LogP contribution in [0.25, 0.3) is 5.69 Å². The molecule has 3 N–H and O–H groups in total. The van der Waals surface area contributed by atoms with Gasteiger partial charge in [-0.3, -0.25) is 29.1 Å². The predicted octanol–water partition coefficient (Wildman–Crippen LogP) is 8.66. The number of carbonyl (C=O) groups is 4. The first-order valence-corrected chi connectivity index (χ1v) is 34.7. The van der Waals surface area contributed by atoms with Crippen molar-refractivity contribution in [1.29, 1.82) is 0 Å². The Hall–Kier alpha value is -7.31. The van der Waals surface area contributed by atoms with Crippen LogP contribution in [0.3, 0.4) is 0 Å². The van der Waals surface area contributed by atoms with Gasteiger partial charge < -0.3 is 47.8 Å². The third-order valence-electron chi connectivity index (χ3n) is 13.0. The number of aryl methyl sites for hydroxylation is 3. The normalized spacial score (nSPS) is 13.4. The van der Waals surface area contributed by atoms with Gasteiger partial charge in [0.25, 0.3) is 5.56 Å². The summed E-state index contributed by atoms with van der Waals surface area (Å²) >= 11 is 5.76. The van der Waals surface area contributed by atoms with Gasteiger partial charge >= 0.3 is 30.0 Å². The average molecular weight is 1390 g/mol. The van der Waals surface area contributed by atoms with E-state index >= 15 is 0 Å². The Bertz CT molecular complexity index is 3800. The number of rotatable bonds is 22. The number of hydrogen-bond acceptors (Lipinski definition) is 17. The lowest BCUT2D eigenvalue weighted by Crippen LogP contribution is -2.43. The summed E-state index contributed by atoms with van der Waals surface area (Å²) in [5, 5.41) is 13.5. The first-order chi connectivity index (χ1) is 43.3. The number of carbonyl (C=O) groups excluding carboxylic acids is 3. The Morgan fingerprint density at radius 2 is 1.54 bits per heavy atom. The first-order valence-electron chi connectivity index (χ1n) is 28.1. The minimum absolute atomic E-state index is 0.0223. The highest BCUT2D eigenvalue weighted by atomic mass is 35.5. The maximum absolute atomic E-state index is 13.1. The summed E-state index contributed by atoms with van der Waals surface area (Å²) in [5.41, 5.74) is 0.0378. The van der Waals surface area contributed by atoms with E-state index < -0.39 is 93.8 Å². The topological polar surface area (TPSA) is 305 Å². The van der Waals surface area contributed by atoms with Crippen molar-refractivity contribution in [3.8, 4) is 17.2 Å². The maximum Gasteiger partial charge on any atom is 0.431 e. The average Bonchev–Trinajstić information content (AvgIpc) is 1.70. The molecule has 6 aromatic rings. The smallest absolute Gasteiger partial charge is 0.431 e. The van der Waals surface area contributed by atoms with Crippen LogP contribution in [-0.4, -0.2) is 133 Å². The Morgan fingerprint density at radius 3 is 2.04 bits per heavy atom. The minimum Gasteiger partial charge on any atom is -0.778 e. The highest BCUT2D eigenvalue weighted by molar-refractivity contribution is 7.94. The van der Waals surface area contributed by atoms with Crippen LogP contribution in [0.1, 0.15) is 102 Å². The number of methoxy groups -OCH3 is 2. The number of ketones is 1. The Morgan fingerprint density at radius 1 is 0.914 bits per heavy atom. The monoisotopic (exact) mass is 1390 g/mol. The number of ether oxygens (including phenoxy) is 4. The van der Waals surface area contributed by atoms with Crippen molar-refractivity contribution in [1.82, 2.24) is 19.6 Å². The van der Waals surface area contributed by atoms with Crippen LogP contribution >= 0.6 is 19.2 Å². The van der Waals surface area contributed by atoms with Gasteiger partial charge in [0.1, 0.15) is 37.3 Å². The van der Waals surface area contributed by atoms with Gasteiger partial charge in [0.2, 0.25) is 5.91 Å². The number of nitrogens with one attached hydrogen (secondary N) is 1. The summed E-state index contributed by atoms with van der Waals surface area (Å²) < 4.78 is 139. The second kappa shape index (κ2) is 35.8. The van der Waals surface area contributed by atoms with E-state index in [1.54, 1.807) is 18.9 Å². The molecule has 1 saturated carbocycles. The largest absolute Gasteiger partial charge is 0.778 e. The predicted molar refractivity (Wildman–Crippen MR) is 337 cm³/mol. The molecule has 0 saturated heterocycles. The standard InChI is InChI=1S/C25H25F3N2O6.C15H22ClNO2.C15H12F3NO4S.C3H8NO5P.C3H9S/c1-5-16-6-7-17(20(12-16)36-15(2)23(32)34-4)14-35-19-10-8-18(9-11-19)30-22(31)13-21(25(26,27)28)29(3)24(30)33;1-5-13-8-6-7-11(2)15(13)17(14(18)9-16)12(3)10-19-4;1-24(21,22)12-6-9(15(16,17)18)4-5-10(12)13(20)11-7-19-23-14(11)8-2-3-8;5-3(6)1-4-2-10(7,8)9;1-4(2)3/h6-13,15H,5,14H2,1-4H3;6-8,12H,5,9-10H2,1-4H3;4-8H,2-3H2,1H3;4H,1-2H2,(H,5,6)(H2,7,8,9);1-3H3/q;;;;+1/p-1. The zero-order chi connectivity index (χ0) is 70.5. The van der Waals surface area contributed by atoms with Crippen LogP contribution in [0.5, 0.6) is 11.5 Å². The van der Waals surface area contributed by atoms with E-state index in [9.17, 15) is 73.0 Å². The number of sulfone groups is 1. The van der Waals surface area contributed by atoms with Crippen molar-refractivity contribution < 1.29 is 96.9 Å². The van der Waals surface area contributed by atoms with Gasteiger partial charge in [-0.05, 0) is 123 Å². The van der Waals surface area contributed by atoms with E-state index in [-0.39, 0.29) is 47.2 Å². The molecule has 0 aliphatic heterocycles. The molecular formula is C61H75ClF6N5O17PS2. The van der Waals surface area contributed by atoms with Gasteiger partial charge in [-0.25, -0.2) is 22.6 Å². The second-order valence-corrected chi connectivity index (χ2v) is 27.4. The van der Waals surface area contributed by atoms with Gasteiger partial charge in [0, 0.05) is 43.5 Å². The fourth-order valence-corrected chi connectivity index (χ4v) is 9.89. The molecule has 3 atom stereocenters. The lowest BCUT2D eigenvalue weighted by Gasteiger charge is -2.31. The third-order valence-corrected chi connectivity index (χ3v) is 15.0. The number of alkyl halides is 7. The summed E-state index contributed by atoms with van der Waals surface area (Å²) in [5.74, 6) is -1.29. The lowest BCUT2D eigenvalue weighted by atomic mass is 10.0. The van der Waals surface area contributed by atoms with Crippen molar-refractivity contribution in [3.05, 3.63) is 162 Å². The van der Waals surface area contributed by atoms with Crippen LogP contribution in [0, 0.1) is 6.92 Å². The highest BCUT2D eigenvalue weighted by Gasteiger charge is 2.37. The van der Waals surface area contributed by atoms with Crippen molar-refractivity contribution >= 4 is 69.2 Å². The molecule has 0 spiro atoms. The van der Waals surface area contributed by atoms with Gasteiger partial charge in [0.05, 0.1) is 85.0 Å². The molecule has 93 heavy (non-hydrogen) atoms. The number of halogens is 7. The van der Waals surface area contributed by atoms with Gasteiger partial charge in [0.15, 0.2) is 27.5 Å². The van der Waals surface area contributed by atoms with Gasteiger partial charge in [-0.2, -0.15) is 26.3 Å². The number of aliphatic carboxylic acids is 1. The summed E-state index contributed by atoms with van der Waals surface area (Å²) in [7, 11) is -3.89. The fourth-order valence-electron chi connectivity index (χ4n) is 8.46. The minimum atomic E-state index is -4.84. The molecule has 1 aliphatic rings. The lowest BCUT2D eigenvalue weighted by molar-refractivity contribution is -0.193. The highest BCUT2D eigenvalue weighted by Crippen LogP contribution is 2.43. The molecule has 1 fully saturated rings. The van der Waals surface area contributed by atoms with E-state index in [1.807, 2.05) is 56.4 Å². The number of hydrogen-bond donors (Lipinski definition) is 3.